The summed E-state index contributed by atoms with van der Waals surface area (Å²) in [6, 6.07) is 6.69. The Morgan fingerprint density at radius 3 is 2.69 bits per heavy atom. The van der Waals surface area contributed by atoms with E-state index in [2.05, 4.69) is 36.1 Å². The Morgan fingerprint density at radius 1 is 1.34 bits per heavy atom. The van der Waals surface area contributed by atoms with Gasteiger partial charge in [0.1, 0.15) is 11.9 Å². The summed E-state index contributed by atoms with van der Waals surface area (Å²) in [5.41, 5.74) is 1.96. The zero-order chi connectivity index (χ0) is 20.1. The predicted octanol–water partition coefficient (Wildman–Crippen LogP) is 3.49. The van der Waals surface area contributed by atoms with Crippen LogP contribution in [0, 0.1) is 5.82 Å². The highest BCUT2D eigenvalue weighted by atomic mass is 127. The Kier molecular flexibility index (Phi) is 8.45. The summed E-state index contributed by atoms with van der Waals surface area (Å²) in [6.45, 7) is 9.90. The van der Waals surface area contributed by atoms with Crippen LogP contribution in [0.2, 0.25) is 0 Å². The van der Waals surface area contributed by atoms with E-state index in [-0.39, 0.29) is 41.3 Å². The molecule has 1 fully saturated rings. The molecule has 0 amide bonds. The summed E-state index contributed by atoms with van der Waals surface area (Å²) in [7, 11) is 1.91. The van der Waals surface area contributed by atoms with Crippen LogP contribution >= 0.6 is 24.0 Å². The molecule has 1 unspecified atom stereocenters. The second kappa shape index (κ2) is 10.4. The van der Waals surface area contributed by atoms with Crippen LogP contribution in [0.1, 0.15) is 38.0 Å². The molecule has 0 radical (unpaired) electrons. The minimum absolute atomic E-state index is 0. The van der Waals surface area contributed by atoms with Gasteiger partial charge in [-0.15, -0.1) is 24.0 Å². The minimum Gasteiger partial charge on any atom is -0.370 e. The molecule has 0 bridgehead atoms. The first-order valence-electron chi connectivity index (χ1n) is 9.78. The molecule has 1 saturated heterocycles. The lowest BCUT2D eigenvalue weighted by Gasteiger charge is -2.35. The molecule has 160 valence electrons. The minimum atomic E-state index is -0.217. The highest BCUT2D eigenvalue weighted by molar-refractivity contribution is 14.0. The second-order valence-electron chi connectivity index (χ2n) is 7.81. The number of ether oxygens (including phenoxy) is 1. The summed E-state index contributed by atoms with van der Waals surface area (Å²) >= 11 is 0. The molecule has 1 atom stereocenters. The van der Waals surface area contributed by atoms with Crippen LogP contribution < -0.4 is 5.32 Å². The third kappa shape index (κ3) is 6.15. The van der Waals surface area contributed by atoms with E-state index in [9.17, 15) is 4.39 Å². The summed E-state index contributed by atoms with van der Waals surface area (Å²) in [6.07, 6.45) is 3.84. The monoisotopic (exact) mass is 515 g/mol. The number of hydrogen-bond donors (Lipinski definition) is 1. The molecule has 2 aromatic rings. The number of benzene rings is 1. The lowest BCUT2D eigenvalue weighted by atomic mass is 9.85. The first-order chi connectivity index (χ1) is 13.4. The van der Waals surface area contributed by atoms with Crippen LogP contribution in [0.5, 0.6) is 0 Å². The maximum Gasteiger partial charge on any atom is 0.194 e. The number of aliphatic imine (C=N–C) groups is 1. The molecular weight excluding hydrogens is 484 g/mol. The molecule has 0 aliphatic carbocycles. The number of aryl methyl sites for hydroxylation is 1. The van der Waals surface area contributed by atoms with E-state index in [1.54, 1.807) is 4.68 Å². The van der Waals surface area contributed by atoms with Crippen molar-refractivity contribution in [3.63, 3.8) is 0 Å². The highest BCUT2D eigenvalue weighted by Crippen LogP contribution is 2.25. The lowest BCUT2D eigenvalue weighted by molar-refractivity contribution is -0.00806. The number of aromatic nitrogens is 2. The van der Waals surface area contributed by atoms with E-state index in [1.807, 2.05) is 31.6 Å². The molecule has 1 N–H and O–H groups in total. The fourth-order valence-corrected chi connectivity index (χ4v) is 3.34. The molecule has 0 saturated carbocycles. The highest BCUT2D eigenvalue weighted by Gasteiger charge is 2.26. The third-order valence-electron chi connectivity index (χ3n) is 5.05. The summed E-state index contributed by atoms with van der Waals surface area (Å²) in [4.78, 5) is 7.14. The number of rotatable bonds is 5. The van der Waals surface area contributed by atoms with Gasteiger partial charge in [-0.2, -0.15) is 5.10 Å². The lowest BCUT2D eigenvalue weighted by Crippen LogP contribution is -2.48. The van der Waals surface area contributed by atoms with E-state index in [4.69, 9.17) is 9.73 Å². The largest absolute Gasteiger partial charge is 0.370 e. The standard InChI is InChI=1S/C21H30FN5O.HI/c1-5-23-20(24-15-21(2,3)17-6-8-18(22)9-7-17)27-10-11-28-19(14-27)16-12-25-26(4)13-16;/h6-9,12-13,19H,5,10-11,14-15H2,1-4H3,(H,23,24);1H. The van der Waals surface area contributed by atoms with Crippen LogP contribution in [0.3, 0.4) is 0 Å². The molecule has 2 heterocycles. The van der Waals surface area contributed by atoms with Gasteiger partial charge in [0.25, 0.3) is 0 Å². The van der Waals surface area contributed by atoms with Gasteiger partial charge in [-0.05, 0) is 24.6 Å². The molecule has 1 aliphatic rings. The van der Waals surface area contributed by atoms with Gasteiger partial charge in [-0.1, -0.05) is 26.0 Å². The Labute approximate surface area is 189 Å². The van der Waals surface area contributed by atoms with Crippen molar-refractivity contribution >= 4 is 29.9 Å². The maximum absolute atomic E-state index is 13.2. The van der Waals surface area contributed by atoms with Crippen molar-refractivity contribution < 1.29 is 9.13 Å². The van der Waals surface area contributed by atoms with E-state index in [1.165, 1.54) is 12.1 Å². The Balaban J connectivity index is 0.00000300. The van der Waals surface area contributed by atoms with Gasteiger partial charge in [0.15, 0.2) is 5.96 Å². The van der Waals surface area contributed by atoms with Crippen molar-refractivity contribution in [1.82, 2.24) is 20.0 Å². The molecule has 1 aromatic carbocycles. The van der Waals surface area contributed by atoms with Gasteiger partial charge in [-0.25, -0.2) is 4.39 Å². The smallest absolute Gasteiger partial charge is 0.194 e. The van der Waals surface area contributed by atoms with Crippen molar-refractivity contribution in [2.75, 3.05) is 32.8 Å². The average molecular weight is 515 g/mol. The Bertz CT molecular complexity index is 806. The van der Waals surface area contributed by atoms with Gasteiger partial charge in [0.05, 0.1) is 25.9 Å². The first kappa shape index (κ1) is 23.6. The second-order valence-corrected chi connectivity index (χ2v) is 7.81. The molecule has 3 rings (SSSR count). The Morgan fingerprint density at radius 2 is 2.07 bits per heavy atom. The van der Waals surface area contributed by atoms with Gasteiger partial charge in [0, 0.05) is 37.3 Å². The topological polar surface area (TPSA) is 54.7 Å². The van der Waals surface area contributed by atoms with Gasteiger partial charge in [-0.3, -0.25) is 9.67 Å². The van der Waals surface area contributed by atoms with Crippen molar-refractivity contribution in [1.29, 1.82) is 0 Å². The fourth-order valence-electron chi connectivity index (χ4n) is 3.34. The van der Waals surface area contributed by atoms with Gasteiger partial charge in [0.2, 0.25) is 0 Å². The molecule has 1 aliphatic heterocycles. The van der Waals surface area contributed by atoms with Crippen molar-refractivity contribution in [3.8, 4) is 0 Å². The average Bonchev–Trinajstić information content (AvgIpc) is 3.12. The molecular formula is C21H31FIN5O. The van der Waals surface area contributed by atoms with Crippen LogP contribution in [-0.2, 0) is 17.2 Å². The molecule has 6 nitrogen and oxygen atoms in total. The maximum atomic E-state index is 13.2. The predicted molar refractivity (Wildman–Crippen MR) is 124 cm³/mol. The van der Waals surface area contributed by atoms with Crippen LogP contribution in [0.4, 0.5) is 4.39 Å². The summed E-state index contributed by atoms with van der Waals surface area (Å²) in [5, 5.41) is 7.65. The summed E-state index contributed by atoms with van der Waals surface area (Å²) in [5.74, 6) is 0.668. The number of halogens is 2. The first-order valence-corrected chi connectivity index (χ1v) is 9.78. The number of morpholine rings is 1. The van der Waals surface area contributed by atoms with Gasteiger partial charge < -0.3 is 15.0 Å². The van der Waals surface area contributed by atoms with Crippen LogP contribution in [0.15, 0.2) is 41.7 Å². The van der Waals surface area contributed by atoms with Crippen molar-refractivity contribution in [2.24, 2.45) is 12.0 Å². The van der Waals surface area contributed by atoms with E-state index in [0.717, 1.165) is 36.7 Å². The molecule has 1 aromatic heterocycles. The van der Waals surface area contributed by atoms with Crippen LogP contribution in [0.25, 0.3) is 0 Å². The van der Waals surface area contributed by atoms with E-state index < -0.39 is 0 Å². The third-order valence-corrected chi connectivity index (χ3v) is 5.05. The van der Waals surface area contributed by atoms with E-state index >= 15 is 0 Å². The summed E-state index contributed by atoms with van der Waals surface area (Å²) < 4.78 is 21.0. The number of hydrogen-bond acceptors (Lipinski definition) is 3. The number of nitrogens with zero attached hydrogens (tertiary/aromatic N) is 4. The fraction of sp³-hybridized carbons (Fsp3) is 0.524. The van der Waals surface area contributed by atoms with E-state index in [0.29, 0.717) is 13.2 Å². The number of guanidine groups is 1. The molecule has 8 heteroatoms. The van der Waals surface area contributed by atoms with Crippen molar-refractivity contribution in [2.45, 2.75) is 32.3 Å². The van der Waals surface area contributed by atoms with Crippen molar-refractivity contribution in [3.05, 3.63) is 53.6 Å². The van der Waals surface area contributed by atoms with Gasteiger partial charge >= 0.3 is 0 Å². The number of nitrogens with one attached hydrogen (secondary N) is 1. The molecule has 29 heavy (non-hydrogen) atoms. The normalized spacial score (nSPS) is 17.8. The zero-order valence-corrected chi connectivity index (χ0v) is 19.9. The van der Waals surface area contributed by atoms with Crippen LogP contribution in [-0.4, -0.2) is 53.4 Å². The zero-order valence-electron chi connectivity index (χ0n) is 17.6. The molecule has 0 spiro atoms. The quantitative estimate of drug-likeness (QED) is 0.377. The Hall–Kier alpha value is -1.68. The SMILES string of the molecule is CCNC(=NCC(C)(C)c1ccc(F)cc1)N1CCOC(c2cnn(C)c2)C1.I.